The van der Waals surface area contributed by atoms with Crippen LogP contribution in [0, 0.1) is 0 Å². The Balaban J connectivity index is 1.38. The van der Waals surface area contributed by atoms with Crippen molar-refractivity contribution in [3.05, 3.63) is 71.7 Å². The van der Waals surface area contributed by atoms with Gasteiger partial charge in [0.05, 0.1) is 19.5 Å². The van der Waals surface area contributed by atoms with Crippen molar-refractivity contribution in [2.24, 2.45) is 0 Å². The van der Waals surface area contributed by atoms with Crippen molar-refractivity contribution < 1.29 is 31.9 Å². The van der Waals surface area contributed by atoms with Gasteiger partial charge in [0.2, 0.25) is 0 Å². The third-order valence-electron chi connectivity index (χ3n) is 5.41. The average molecular weight is 485 g/mol. The molecule has 1 aliphatic heterocycles. The van der Waals surface area contributed by atoms with Crippen LogP contribution in [0.5, 0.6) is 0 Å². The fraction of sp³-hybridized carbons (Fsp3) is 0.217. The molecular formula is C23H18F3N5O4. The lowest BCUT2D eigenvalue weighted by Crippen LogP contribution is -2.40. The summed E-state index contributed by atoms with van der Waals surface area (Å²) in [6, 6.07) is 11.2. The van der Waals surface area contributed by atoms with E-state index in [2.05, 4.69) is 15.4 Å². The molecule has 0 saturated carbocycles. The molecule has 1 aromatic carbocycles. The number of aromatic nitrogens is 3. The van der Waals surface area contributed by atoms with Gasteiger partial charge in [-0.05, 0) is 42.5 Å². The highest BCUT2D eigenvalue weighted by Gasteiger charge is 2.36. The van der Waals surface area contributed by atoms with Gasteiger partial charge < -0.3 is 19.4 Å². The number of anilines is 1. The monoisotopic (exact) mass is 485 g/mol. The van der Waals surface area contributed by atoms with Crippen molar-refractivity contribution >= 4 is 23.1 Å². The summed E-state index contributed by atoms with van der Waals surface area (Å²) in [6.45, 7) is 1.96. The van der Waals surface area contributed by atoms with E-state index < -0.39 is 17.8 Å². The molecule has 0 aliphatic carbocycles. The van der Waals surface area contributed by atoms with Gasteiger partial charge in [-0.2, -0.15) is 18.3 Å². The molecule has 0 radical (unpaired) electrons. The van der Waals surface area contributed by atoms with Gasteiger partial charge in [0.15, 0.2) is 22.8 Å². The molecule has 3 aromatic heterocycles. The Morgan fingerprint density at radius 2 is 1.77 bits per heavy atom. The number of furan rings is 1. The first-order chi connectivity index (χ1) is 16.8. The van der Waals surface area contributed by atoms with Crippen LogP contribution in [0.2, 0.25) is 0 Å². The highest BCUT2D eigenvalue weighted by molar-refractivity contribution is 6.04. The van der Waals surface area contributed by atoms with E-state index in [1.54, 1.807) is 17.0 Å². The molecule has 1 saturated heterocycles. The number of hydrogen-bond donors (Lipinski definition) is 1. The Labute approximate surface area is 196 Å². The number of fused-ring (bicyclic) bond motifs is 1. The minimum Gasteiger partial charge on any atom is -0.463 e. The smallest absolute Gasteiger partial charge is 0.433 e. The number of alkyl halides is 3. The van der Waals surface area contributed by atoms with Gasteiger partial charge in [-0.3, -0.25) is 9.59 Å². The maximum atomic E-state index is 13.7. The molecule has 1 N–H and O–H groups in total. The molecule has 1 aliphatic rings. The summed E-state index contributed by atoms with van der Waals surface area (Å²) in [6.07, 6.45) is -3.42. The quantitative estimate of drug-likeness (QED) is 0.473. The zero-order valence-corrected chi connectivity index (χ0v) is 18.1. The maximum Gasteiger partial charge on any atom is 0.433 e. The Morgan fingerprint density at radius 3 is 2.43 bits per heavy atom. The van der Waals surface area contributed by atoms with Crippen molar-refractivity contribution in [3.8, 4) is 11.5 Å². The number of nitrogens with one attached hydrogen (secondary N) is 1. The fourth-order valence-corrected chi connectivity index (χ4v) is 3.68. The normalized spacial score (nSPS) is 14.3. The van der Waals surface area contributed by atoms with Crippen LogP contribution in [-0.2, 0) is 10.9 Å². The van der Waals surface area contributed by atoms with E-state index in [0.29, 0.717) is 42.1 Å². The first-order valence-corrected chi connectivity index (χ1v) is 10.6. The molecule has 35 heavy (non-hydrogen) atoms. The Morgan fingerprint density at radius 1 is 1.03 bits per heavy atom. The molecule has 0 unspecified atom stereocenters. The van der Waals surface area contributed by atoms with Crippen LogP contribution in [0.25, 0.3) is 17.1 Å². The van der Waals surface area contributed by atoms with Gasteiger partial charge in [-0.1, -0.05) is 0 Å². The molecule has 1 fully saturated rings. The summed E-state index contributed by atoms with van der Waals surface area (Å²) < 4.78 is 52.0. The number of carbonyl (C=O) groups is 2. The molecule has 0 bridgehead atoms. The number of hydrogen-bond acceptors (Lipinski definition) is 6. The van der Waals surface area contributed by atoms with Gasteiger partial charge in [0.25, 0.3) is 11.8 Å². The van der Waals surface area contributed by atoms with Crippen LogP contribution in [0.3, 0.4) is 0 Å². The van der Waals surface area contributed by atoms with Crippen molar-refractivity contribution in [1.29, 1.82) is 0 Å². The lowest BCUT2D eigenvalue weighted by Gasteiger charge is -2.26. The maximum absolute atomic E-state index is 13.7. The van der Waals surface area contributed by atoms with E-state index in [1.165, 1.54) is 30.5 Å². The molecule has 4 aromatic rings. The van der Waals surface area contributed by atoms with Gasteiger partial charge >= 0.3 is 6.18 Å². The molecule has 0 spiro atoms. The van der Waals surface area contributed by atoms with Crippen LogP contribution in [0.15, 0.2) is 59.2 Å². The van der Waals surface area contributed by atoms with Crippen molar-refractivity contribution in [1.82, 2.24) is 19.5 Å². The molecule has 180 valence electrons. The summed E-state index contributed by atoms with van der Waals surface area (Å²) in [5, 5.41) is 6.40. The lowest BCUT2D eigenvalue weighted by molar-refractivity contribution is -0.142. The Bertz CT molecular complexity index is 1370. The number of rotatable bonds is 4. The van der Waals surface area contributed by atoms with Gasteiger partial charge in [-0.25, -0.2) is 9.50 Å². The number of halogens is 3. The van der Waals surface area contributed by atoms with E-state index in [-0.39, 0.29) is 28.7 Å². The SMILES string of the molecule is O=C(Nc1ccc(C(=O)N2CCOCC2)cc1)c1cc2nc(-c3ccco3)cc(C(F)(F)F)n2n1. The van der Waals surface area contributed by atoms with Gasteiger partial charge in [-0.15, -0.1) is 0 Å². The summed E-state index contributed by atoms with van der Waals surface area (Å²) in [5.41, 5.74) is -0.759. The van der Waals surface area contributed by atoms with Crippen molar-refractivity contribution in [2.75, 3.05) is 31.6 Å². The van der Waals surface area contributed by atoms with E-state index >= 15 is 0 Å². The highest BCUT2D eigenvalue weighted by Crippen LogP contribution is 2.32. The Hall–Kier alpha value is -4.19. The van der Waals surface area contributed by atoms with E-state index in [9.17, 15) is 22.8 Å². The standard InChI is InChI=1S/C23H18F3N5O4/c24-23(25,26)19-12-16(18-2-1-9-35-18)28-20-13-17(29-31(19)20)21(32)27-15-5-3-14(4-6-15)22(33)30-7-10-34-11-8-30/h1-6,9,12-13H,7-8,10-11H2,(H,27,32). The number of amides is 2. The fourth-order valence-electron chi connectivity index (χ4n) is 3.68. The lowest BCUT2D eigenvalue weighted by atomic mass is 10.1. The van der Waals surface area contributed by atoms with Gasteiger partial charge in [0, 0.05) is 30.4 Å². The van der Waals surface area contributed by atoms with Crippen LogP contribution >= 0.6 is 0 Å². The third kappa shape index (κ3) is 4.60. The first-order valence-electron chi connectivity index (χ1n) is 10.6. The van der Waals surface area contributed by atoms with E-state index in [0.717, 1.165) is 12.1 Å². The average Bonchev–Trinajstić information content (AvgIpc) is 3.53. The second kappa shape index (κ2) is 8.87. The predicted octanol–water partition coefficient (Wildman–Crippen LogP) is 3.73. The molecular weight excluding hydrogens is 467 g/mol. The van der Waals surface area contributed by atoms with Crippen LogP contribution in [0.1, 0.15) is 26.5 Å². The summed E-state index contributed by atoms with van der Waals surface area (Å²) in [5.74, 6) is -0.725. The summed E-state index contributed by atoms with van der Waals surface area (Å²) in [4.78, 5) is 31.1. The minimum atomic E-state index is -4.74. The predicted molar refractivity (Wildman–Crippen MR) is 117 cm³/mol. The number of morpholine rings is 1. The highest BCUT2D eigenvalue weighted by atomic mass is 19.4. The second-order valence-electron chi connectivity index (χ2n) is 7.74. The minimum absolute atomic E-state index is 0.0396. The molecule has 4 heterocycles. The van der Waals surface area contributed by atoms with Crippen molar-refractivity contribution in [2.45, 2.75) is 6.18 Å². The van der Waals surface area contributed by atoms with Crippen molar-refractivity contribution in [3.63, 3.8) is 0 Å². The van der Waals surface area contributed by atoms with E-state index in [4.69, 9.17) is 9.15 Å². The van der Waals surface area contributed by atoms with E-state index in [1.807, 2.05) is 0 Å². The summed E-state index contributed by atoms with van der Waals surface area (Å²) >= 11 is 0. The number of ether oxygens (including phenoxy) is 1. The third-order valence-corrected chi connectivity index (χ3v) is 5.41. The molecule has 2 amide bonds. The summed E-state index contributed by atoms with van der Waals surface area (Å²) in [7, 11) is 0. The van der Waals surface area contributed by atoms with Gasteiger partial charge in [0.1, 0.15) is 5.69 Å². The molecule has 5 rings (SSSR count). The van der Waals surface area contributed by atoms with Crippen LogP contribution in [-0.4, -0.2) is 57.6 Å². The Kier molecular flexibility index (Phi) is 5.73. The topological polar surface area (TPSA) is 102 Å². The zero-order chi connectivity index (χ0) is 24.6. The van der Waals surface area contributed by atoms with Crippen LogP contribution in [0.4, 0.5) is 18.9 Å². The first kappa shape index (κ1) is 22.6. The molecule has 9 nitrogen and oxygen atoms in total. The van der Waals surface area contributed by atoms with Crippen LogP contribution < -0.4 is 5.32 Å². The second-order valence-corrected chi connectivity index (χ2v) is 7.74. The molecule has 12 heteroatoms. The number of carbonyl (C=O) groups excluding carboxylic acids is 2. The number of nitrogens with zero attached hydrogens (tertiary/aromatic N) is 4. The zero-order valence-electron chi connectivity index (χ0n) is 18.1. The molecule has 0 atom stereocenters. The largest absolute Gasteiger partial charge is 0.463 e. The number of benzene rings is 1.